The van der Waals surface area contributed by atoms with Crippen molar-refractivity contribution >= 4 is 43.8 Å². The van der Waals surface area contributed by atoms with Crippen molar-refractivity contribution in [3.05, 3.63) is 94.5 Å². The van der Waals surface area contributed by atoms with Crippen LogP contribution in [0.2, 0.25) is 0 Å². The number of benzene rings is 3. The first-order valence-corrected chi connectivity index (χ1v) is 10.8. The van der Waals surface area contributed by atoms with Crippen LogP contribution in [0.25, 0.3) is 0 Å². The van der Waals surface area contributed by atoms with Crippen molar-refractivity contribution in [1.29, 1.82) is 0 Å². The number of carbonyl (C=O) groups is 1. The molecule has 0 heterocycles. The predicted molar refractivity (Wildman–Crippen MR) is 118 cm³/mol. The molecule has 0 bridgehead atoms. The number of hydrogen-bond acceptors (Lipinski definition) is 4. The van der Waals surface area contributed by atoms with Crippen molar-refractivity contribution in [2.24, 2.45) is 5.10 Å². The average Bonchev–Trinajstić information content (AvgIpc) is 2.75. The SMILES string of the molecule is CN(c1ccc(C(=O)N/N=C\c2ccccc2Br)cc1)S(=O)(=O)c1ccccc1. The topological polar surface area (TPSA) is 78.8 Å². The molecule has 0 saturated carbocycles. The maximum absolute atomic E-state index is 12.7. The van der Waals surface area contributed by atoms with Gasteiger partial charge in [-0.25, -0.2) is 13.8 Å². The molecular weight excluding hydrogens is 454 g/mol. The van der Waals surface area contributed by atoms with E-state index >= 15 is 0 Å². The highest BCUT2D eigenvalue weighted by Crippen LogP contribution is 2.22. The third-order valence-corrected chi connectivity index (χ3v) is 6.69. The lowest BCUT2D eigenvalue weighted by atomic mass is 10.2. The summed E-state index contributed by atoms with van der Waals surface area (Å²) in [5.74, 6) is -0.395. The van der Waals surface area contributed by atoms with Gasteiger partial charge in [-0.2, -0.15) is 5.10 Å². The fraction of sp³-hybridized carbons (Fsp3) is 0.0476. The van der Waals surface area contributed by atoms with Gasteiger partial charge in [0.15, 0.2) is 0 Å². The van der Waals surface area contributed by atoms with Crippen LogP contribution in [0.15, 0.2) is 93.3 Å². The lowest BCUT2D eigenvalue weighted by Crippen LogP contribution is -2.26. The fourth-order valence-corrected chi connectivity index (χ4v) is 4.12. The first-order chi connectivity index (χ1) is 13.9. The molecule has 0 radical (unpaired) electrons. The Kier molecular flexibility index (Phi) is 6.46. The third-order valence-electron chi connectivity index (χ3n) is 4.17. The zero-order valence-corrected chi connectivity index (χ0v) is 17.9. The monoisotopic (exact) mass is 471 g/mol. The number of anilines is 1. The Morgan fingerprint density at radius 3 is 2.24 bits per heavy atom. The van der Waals surface area contributed by atoms with Gasteiger partial charge in [-0.05, 0) is 42.5 Å². The van der Waals surface area contributed by atoms with Gasteiger partial charge < -0.3 is 0 Å². The minimum Gasteiger partial charge on any atom is -0.269 e. The lowest BCUT2D eigenvalue weighted by Gasteiger charge is -2.19. The number of hydrazone groups is 1. The summed E-state index contributed by atoms with van der Waals surface area (Å²) >= 11 is 3.40. The van der Waals surface area contributed by atoms with Crippen LogP contribution in [0.1, 0.15) is 15.9 Å². The van der Waals surface area contributed by atoms with Gasteiger partial charge in [0.25, 0.3) is 15.9 Å². The van der Waals surface area contributed by atoms with Crippen molar-refractivity contribution in [2.75, 3.05) is 11.4 Å². The first-order valence-electron chi connectivity index (χ1n) is 8.61. The van der Waals surface area contributed by atoms with Crippen LogP contribution < -0.4 is 9.73 Å². The molecule has 6 nitrogen and oxygen atoms in total. The van der Waals surface area contributed by atoms with Crippen LogP contribution in [0.5, 0.6) is 0 Å². The Morgan fingerprint density at radius 2 is 1.59 bits per heavy atom. The number of nitrogens with zero attached hydrogens (tertiary/aromatic N) is 2. The summed E-state index contributed by atoms with van der Waals surface area (Å²) in [5.41, 5.74) is 4.10. The predicted octanol–water partition coefficient (Wildman–Crippen LogP) is 4.04. The molecular formula is C21H18BrN3O3S. The molecule has 3 rings (SSSR count). The van der Waals surface area contributed by atoms with Crippen molar-refractivity contribution in [3.8, 4) is 0 Å². The largest absolute Gasteiger partial charge is 0.271 e. The first kappa shape index (κ1) is 20.8. The Bertz CT molecular complexity index is 1130. The second kappa shape index (κ2) is 9.02. The number of nitrogens with one attached hydrogen (secondary N) is 1. The molecule has 3 aromatic carbocycles. The summed E-state index contributed by atoms with van der Waals surface area (Å²) in [7, 11) is -2.20. The fourth-order valence-electron chi connectivity index (χ4n) is 2.52. The van der Waals surface area contributed by atoms with Crippen LogP contribution in [-0.4, -0.2) is 27.6 Å². The molecule has 3 aromatic rings. The van der Waals surface area contributed by atoms with Gasteiger partial charge in [0.05, 0.1) is 16.8 Å². The molecule has 0 saturated heterocycles. The van der Waals surface area contributed by atoms with E-state index in [9.17, 15) is 13.2 Å². The normalized spacial score (nSPS) is 11.4. The maximum atomic E-state index is 12.7. The average molecular weight is 472 g/mol. The molecule has 0 fully saturated rings. The number of halogens is 1. The molecule has 0 aliphatic carbocycles. The number of hydrogen-bond donors (Lipinski definition) is 1. The highest BCUT2D eigenvalue weighted by atomic mass is 79.9. The van der Waals surface area contributed by atoms with Gasteiger partial charge in [-0.1, -0.05) is 52.3 Å². The van der Waals surface area contributed by atoms with E-state index in [4.69, 9.17) is 0 Å². The standard InChI is InChI=1S/C21H18BrN3O3S/c1-25(29(27,28)19-8-3-2-4-9-19)18-13-11-16(12-14-18)21(26)24-23-15-17-7-5-6-10-20(17)22/h2-15H,1H3,(H,24,26)/b23-15-. The maximum Gasteiger partial charge on any atom is 0.271 e. The Labute approximate surface area is 178 Å². The second-order valence-corrected chi connectivity index (χ2v) is 8.88. The zero-order chi connectivity index (χ0) is 20.9. The van der Waals surface area contributed by atoms with E-state index in [1.807, 2.05) is 24.3 Å². The van der Waals surface area contributed by atoms with Crippen molar-refractivity contribution < 1.29 is 13.2 Å². The van der Waals surface area contributed by atoms with Gasteiger partial charge in [-0.15, -0.1) is 0 Å². The molecule has 29 heavy (non-hydrogen) atoms. The quantitative estimate of drug-likeness (QED) is 0.435. The van der Waals surface area contributed by atoms with Crippen molar-refractivity contribution in [2.45, 2.75) is 4.90 Å². The van der Waals surface area contributed by atoms with Crippen LogP contribution in [0.3, 0.4) is 0 Å². The van der Waals surface area contributed by atoms with Crippen LogP contribution >= 0.6 is 15.9 Å². The van der Waals surface area contributed by atoms with E-state index in [2.05, 4.69) is 26.5 Å². The van der Waals surface area contributed by atoms with Crippen LogP contribution in [0.4, 0.5) is 5.69 Å². The van der Waals surface area contributed by atoms with Crippen LogP contribution in [0, 0.1) is 0 Å². The number of amides is 1. The summed E-state index contributed by atoms with van der Waals surface area (Å²) in [6.45, 7) is 0. The van der Waals surface area contributed by atoms with E-state index in [1.54, 1.807) is 42.5 Å². The highest BCUT2D eigenvalue weighted by Gasteiger charge is 2.21. The van der Waals surface area contributed by atoms with Gasteiger partial charge >= 0.3 is 0 Å². The van der Waals surface area contributed by atoms with Gasteiger partial charge in [0.1, 0.15) is 0 Å². The van der Waals surface area contributed by atoms with Gasteiger partial charge in [-0.3, -0.25) is 9.10 Å². The van der Waals surface area contributed by atoms with E-state index in [0.717, 1.165) is 10.0 Å². The molecule has 0 spiro atoms. The molecule has 1 amide bonds. The third kappa shape index (κ3) is 4.90. The molecule has 1 N–H and O–H groups in total. The Balaban J connectivity index is 1.69. The Hall–Kier alpha value is -2.97. The summed E-state index contributed by atoms with van der Waals surface area (Å²) in [4.78, 5) is 12.5. The minimum atomic E-state index is -3.67. The molecule has 0 unspecified atom stereocenters. The molecule has 0 aliphatic heterocycles. The summed E-state index contributed by atoms with van der Waals surface area (Å²) in [5, 5.41) is 3.95. The number of carbonyl (C=O) groups excluding carboxylic acids is 1. The van der Waals surface area contributed by atoms with Crippen molar-refractivity contribution in [1.82, 2.24) is 5.43 Å². The highest BCUT2D eigenvalue weighted by molar-refractivity contribution is 9.10. The minimum absolute atomic E-state index is 0.200. The molecule has 8 heteroatoms. The van der Waals surface area contributed by atoms with Gasteiger partial charge in [0.2, 0.25) is 0 Å². The molecule has 0 atom stereocenters. The van der Waals surface area contributed by atoms with E-state index in [1.165, 1.54) is 29.7 Å². The van der Waals surface area contributed by atoms with Crippen LogP contribution in [-0.2, 0) is 10.0 Å². The van der Waals surface area contributed by atoms with E-state index in [-0.39, 0.29) is 4.90 Å². The molecule has 0 aliphatic rings. The zero-order valence-electron chi connectivity index (χ0n) is 15.5. The summed E-state index contributed by atoms with van der Waals surface area (Å²) in [6, 6.07) is 21.9. The second-order valence-electron chi connectivity index (χ2n) is 6.05. The molecule has 0 aromatic heterocycles. The van der Waals surface area contributed by atoms with E-state index in [0.29, 0.717) is 11.3 Å². The lowest BCUT2D eigenvalue weighted by molar-refractivity contribution is 0.0955. The summed E-state index contributed by atoms with van der Waals surface area (Å²) in [6.07, 6.45) is 1.54. The number of rotatable bonds is 6. The van der Waals surface area contributed by atoms with E-state index < -0.39 is 15.9 Å². The number of sulfonamides is 1. The Morgan fingerprint density at radius 1 is 0.966 bits per heavy atom. The van der Waals surface area contributed by atoms with Crippen molar-refractivity contribution in [3.63, 3.8) is 0 Å². The van der Waals surface area contributed by atoms with Gasteiger partial charge in [0, 0.05) is 22.6 Å². The summed E-state index contributed by atoms with van der Waals surface area (Å²) < 4.78 is 27.4. The smallest absolute Gasteiger partial charge is 0.269 e. The molecule has 148 valence electrons.